The summed E-state index contributed by atoms with van der Waals surface area (Å²) in [5, 5.41) is 13.7. The van der Waals surface area contributed by atoms with Crippen LogP contribution >= 0.6 is 0 Å². The number of benzene rings is 1. The fourth-order valence-electron chi connectivity index (χ4n) is 2.94. The van der Waals surface area contributed by atoms with Crippen molar-refractivity contribution in [2.24, 2.45) is 0 Å². The highest BCUT2D eigenvalue weighted by molar-refractivity contribution is 7.89. The Hall–Kier alpha value is -2.04. The van der Waals surface area contributed by atoms with Gasteiger partial charge in [0.15, 0.2) is 0 Å². The van der Waals surface area contributed by atoms with Crippen LogP contribution in [0.25, 0.3) is 0 Å². The number of nitrogens with zero attached hydrogens (tertiary/aromatic N) is 3. The van der Waals surface area contributed by atoms with Crippen LogP contribution in [0.4, 0.5) is 5.69 Å². The molecule has 9 nitrogen and oxygen atoms in total. The van der Waals surface area contributed by atoms with Crippen LogP contribution in [0.2, 0.25) is 0 Å². The van der Waals surface area contributed by atoms with Crippen LogP contribution in [-0.2, 0) is 14.8 Å². The molecule has 1 amide bonds. The number of nitrogens with one attached hydrogen (secondary N) is 1. The van der Waals surface area contributed by atoms with Gasteiger partial charge in [0.2, 0.25) is 15.9 Å². The Morgan fingerprint density at radius 2 is 1.77 bits per heavy atom. The maximum Gasteiger partial charge on any atom is 0.269 e. The van der Waals surface area contributed by atoms with Crippen LogP contribution < -0.4 is 5.32 Å². The smallest absolute Gasteiger partial charge is 0.269 e. The van der Waals surface area contributed by atoms with Crippen molar-refractivity contribution in [3.8, 4) is 0 Å². The zero-order valence-electron chi connectivity index (χ0n) is 14.5. The summed E-state index contributed by atoms with van der Waals surface area (Å²) in [5.74, 6) is -0.0147. The first-order valence-electron chi connectivity index (χ1n) is 8.58. The molecule has 3 rings (SSSR count). The van der Waals surface area contributed by atoms with Crippen LogP contribution in [0, 0.1) is 10.1 Å². The highest BCUT2D eigenvalue weighted by Gasteiger charge is 2.33. The molecule has 142 valence electrons. The first-order chi connectivity index (χ1) is 12.3. The van der Waals surface area contributed by atoms with E-state index in [4.69, 9.17) is 0 Å². The Bertz CT molecular complexity index is 783. The van der Waals surface area contributed by atoms with Gasteiger partial charge < -0.3 is 5.32 Å². The number of hydrogen-bond acceptors (Lipinski definition) is 6. The Morgan fingerprint density at radius 3 is 2.27 bits per heavy atom. The number of rotatable bonds is 6. The van der Waals surface area contributed by atoms with Gasteiger partial charge in [0, 0.05) is 44.4 Å². The minimum absolute atomic E-state index is 0.0147. The number of sulfonamides is 1. The standard InChI is InChI=1S/C16H22N4O5S/c1-12(16(21)17-13-2-3-13)18-8-10-19(11-9-18)26(24,25)15-6-4-14(5-7-15)20(22)23/h4-7,12-13H,2-3,8-11H2,1H3,(H,17,21). The number of non-ortho nitro benzene ring substituents is 1. The monoisotopic (exact) mass is 382 g/mol. The molecule has 1 atom stereocenters. The Balaban J connectivity index is 1.60. The molecule has 0 bridgehead atoms. The van der Waals surface area contributed by atoms with Crippen LogP contribution in [0.3, 0.4) is 0 Å². The number of piperazine rings is 1. The molecule has 2 fully saturated rings. The summed E-state index contributed by atoms with van der Waals surface area (Å²) in [6, 6.07) is 4.89. The average Bonchev–Trinajstić information content (AvgIpc) is 3.45. The van der Waals surface area contributed by atoms with Crippen molar-refractivity contribution >= 4 is 21.6 Å². The van der Waals surface area contributed by atoms with Gasteiger partial charge in [-0.2, -0.15) is 4.31 Å². The van der Waals surface area contributed by atoms with E-state index in [-0.39, 0.29) is 35.6 Å². The molecule has 0 spiro atoms. The minimum Gasteiger partial charge on any atom is -0.352 e. The van der Waals surface area contributed by atoms with Crippen LogP contribution in [-0.4, -0.2) is 66.7 Å². The molecule has 0 radical (unpaired) electrons. The lowest BCUT2D eigenvalue weighted by Gasteiger charge is -2.36. The van der Waals surface area contributed by atoms with Crippen molar-refractivity contribution < 1.29 is 18.1 Å². The van der Waals surface area contributed by atoms with Gasteiger partial charge in [0.05, 0.1) is 15.9 Å². The lowest BCUT2D eigenvalue weighted by Crippen LogP contribution is -2.55. The molecule has 1 saturated carbocycles. The van der Waals surface area contributed by atoms with Gasteiger partial charge in [-0.25, -0.2) is 8.42 Å². The fraction of sp³-hybridized carbons (Fsp3) is 0.562. The van der Waals surface area contributed by atoms with Gasteiger partial charge in [0.25, 0.3) is 5.69 Å². The molecule has 0 aromatic heterocycles. The summed E-state index contributed by atoms with van der Waals surface area (Å²) in [6.45, 7) is 3.32. The van der Waals surface area contributed by atoms with E-state index in [1.807, 2.05) is 11.8 Å². The third-order valence-electron chi connectivity index (χ3n) is 4.81. The van der Waals surface area contributed by atoms with Crippen LogP contribution in [0.15, 0.2) is 29.2 Å². The van der Waals surface area contributed by atoms with Crippen molar-refractivity contribution in [3.05, 3.63) is 34.4 Å². The highest BCUT2D eigenvalue weighted by Crippen LogP contribution is 2.22. The molecule has 1 aromatic rings. The van der Waals surface area contributed by atoms with Crippen molar-refractivity contribution in [2.75, 3.05) is 26.2 Å². The summed E-state index contributed by atoms with van der Waals surface area (Å²) in [6.07, 6.45) is 2.05. The van der Waals surface area contributed by atoms with Crippen molar-refractivity contribution in [3.63, 3.8) is 0 Å². The largest absolute Gasteiger partial charge is 0.352 e. The number of hydrogen-bond donors (Lipinski definition) is 1. The molecule has 1 unspecified atom stereocenters. The summed E-state index contributed by atoms with van der Waals surface area (Å²) in [7, 11) is -3.70. The molecule has 1 saturated heterocycles. The second-order valence-electron chi connectivity index (χ2n) is 6.65. The zero-order chi connectivity index (χ0) is 18.9. The quantitative estimate of drug-likeness (QED) is 0.568. The van der Waals surface area contributed by atoms with E-state index in [2.05, 4.69) is 5.32 Å². The number of amides is 1. The molecular weight excluding hydrogens is 360 g/mol. The van der Waals surface area contributed by atoms with E-state index in [0.717, 1.165) is 12.8 Å². The summed E-state index contributed by atoms with van der Waals surface area (Å²) in [4.78, 5) is 24.3. The first kappa shape index (κ1) is 18.7. The molecule has 1 heterocycles. The van der Waals surface area contributed by atoms with Gasteiger partial charge in [-0.15, -0.1) is 0 Å². The highest BCUT2D eigenvalue weighted by atomic mass is 32.2. The van der Waals surface area contributed by atoms with Gasteiger partial charge in [-0.1, -0.05) is 0 Å². The second kappa shape index (κ2) is 7.29. The van der Waals surface area contributed by atoms with E-state index in [1.54, 1.807) is 0 Å². The SMILES string of the molecule is CC(C(=O)NC1CC1)N1CCN(S(=O)(=O)c2ccc([N+](=O)[O-])cc2)CC1. The second-order valence-corrected chi connectivity index (χ2v) is 8.59. The molecule has 1 N–H and O–H groups in total. The average molecular weight is 382 g/mol. The van der Waals surface area contributed by atoms with Gasteiger partial charge in [-0.05, 0) is 31.9 Å². The summed E-state index contributed by atoms with van der Waals surface area (Å²) >= 11 is 0. The molecule has 10 heteroatoms. The third kappa shape index (κ3) is 4.02. The molecule has 26 heavy (non-hydrogen) atoms. The summed E-state index contributed by atoms with van der Waals surface area (Å²) in [5.41, 5.74) is -0.149. The van der Waals surface area contributed by atoms with E-state index in [0.29, 0.717) is 19.1 Å². The zero-order valence-corrected chi connectivity index (χ0v) is 15.3. The topological polar surface area (TPSA) is 113 Å². The number of nitro groups is 1. The van der Waals surface area contributed by atoms with Crippen molar-refractivity contribution in [2.45, 2.75) is 36.7 Å². The minimum atomic E-state index is -3.70. The Morgan fingerprint density at radius 1 is 1.19 bits per heavy atom. The summed E-state index contributed by atoms with van der Waals surface area (Å²) < 4.78 is 26.7. The predicted octanol–water partition coefficient (Wildman–Crippen LogP) is 0.568. The van der Waals surface area contributed by atoms with E-state index in [1.165, 1.54) is 28.6 Å². The maximum atomic E-state index is 12.7. The fourth-order valence-corrected chi connectivity index (χ4v) is 4.36. The number of carbonyl (C=O) groups excluding carboxylic acids is 1. The Labute approximate surface area is 152 Å². The maximum absolute atomic E-state index is 12.7. The van der Waals surface area contributed by atoms with Crippen molar-refractivity contribution in [1.29, 1.82) is 0 Å². The van der Waals surface area contributed by atoms with E-state index in [9.17, 15) is 23.3 Å². The Kier molecular flexibility index (Phi) is 5.26. The first-order valence-corrected chi connectivity index (χ1v) is 10.0. The van der Waals surface area contributed by atoms with Gasteiger partial charge in [-0.3, -0.25) is 19.8 Å². The predicted molar refractivity (Wildman–Crippen MR) is 94.1 cm³/mol. The van der Waals surface area contributed by atoms with Crippen LogP contribution in [0.1, 0.15) is 19.8 Å². The number of carbonyl (C=O) groups is 1. The van der Waals surface area contributed by atoms with E-state index >= 15 is 0 Å². The van der Waals surface area contributed by atoms with E-state index < -0.39 is 14.9 Å². The third-order valence-corrected chi connectivity index (χ3v) is 6.72. The lowest BCUT2D eigenvalue weighted by molar-refractivity contribution is -0.384. The lowest BCUT2D eigenvalue weighted by atomic mass is 10.2. The number of nitro benzene ring substituents is 1. The van der Waals surface area contributed by atoms with Gasteiger partial charge >= 0.3 is 0 Å². The molecule has 1 aliphatic carbocycles. The van der Waals surface area contributed by atoms with Crippen LogP contribution in [0.5, 0.6) is 0 Å². The normalized spacial score (nSPS) is 20.5. The molecule has 1 aromatic carbocycles. The molecule has 1 aliphatic heterocycles. The van der Waals surface area contributed by atoms with Gasteiger partial charge in [0.1, 0.15) is 0 Å². The molecular formula is C16H22N4O5S. The van der Waals surface area contributed by atoms with Crippen molar-refractivity contribution in [1.82, 2.24) is 14.5 Å². The molecule has 2 aliphatic rings.